The highest BCUT2D eigenvalue weighted by atomic mass is 127. The Morgan fingerprint density at radius 2 is 2.13 bits per heavy atom. The molecule has 1 aromatic carbocycles. The number of amides is 1. The first-order valence-electron chi connectivity index (χ1n) is 6.79. The number of carbonyl (C=O) groups is 1. The number of rotatable bonds is 3. The predicted octanol–water partition coefficient (Wildman–Crippen LogP) is 3.96. The number of halogens is 1. The lowest BCUT2D eigenvalue weighted by Crippen LogP contribution is -2.23. The average molecular weight is 423 g/mol. The van der Waals surface area contributed by atoms with Crippen LogP contribution < -0.4 is 9.64 Å². The van der Waals surface area contributed by atoms with E-state index in [1.807, 2.05) is 24.3 Å². The Morgan fingerprint density at radius 3 is 2.83 bits per heavy atom. The number of fused-ring (bicyclic) bond motifs is 1. The second-order valence-electron chi connectivity index (χ2n) is 4.97. The Morgan fingerprint density at radius 1 is 1.35 bits per heavy atom. The molecule has 0 aliphatic heterocycles. The number of methoxy groups -OCH3 is 1. The van der Waals surface area contributed by atoms with Crippen LogP contribution in [0, 0.1) is 3.57 Å². The molecule has 0 atom stereocenters. The number of nitrogens with one attached hydrogen (secondary N) is 1. The maximum absolute atomic E-state index is 11.1. The van der Waals surface area contributed by atoms with Crippen LogP contribution in [0.2, 0.25) is 0 Å². The molecule has 2 aromatic heterocycles. The molecule has 3 aromatic rings. The van der Waals surface area contributed by atoms with Gasteiger partial charge < -0.3 is 14.8 Å². The zero-order chi connectivity index (χ0) is 16.6. The smallest absolute Gasteiger partial charge is 0.411 e. The molecule has 0 bridgehead atoms. The van der Waals surface area contributed by atoms with Crippen LogP contribution in [0.1, 0.15) is 0 Å². The van der Waals surface area contributed by atoms with Gasteiger partial charge in [0.1, 0.15) is 0 Å². The van der Waals surface area contributed by atoms with Crippen LogP contribution in [0.5, 0.6) is 5.88 Å². The minimum absolute atomic E-state index is 0.548. The van der Waals surface area contributed by atoms with Gasteiger partial charge in [0.2, 0.25) is 5.88 Å². The Balaban J connectivity index is 2.13. The summed E-state index contributed by atoms with van der Waals surface area (Å²) in [6.45, 7) is 0. The number of H-pyrrole nitrogens is 1. The first-order valence-corrected chi connectivity index (χ1v) is 7.87. The molecule has 7 heteroatoms. The fraction of sp³-hybridized carbons (Fsp3) is 0.125. The third-order valence-electron chi connectivity index (χ3n) is 3.61. The Kier molecular flexibility index (Phi) is 4.12. The monoisotopic (exact) mass is 423 g/mol. The summed E-state index contributed by atoms with van der Waals surface area (Å²) >= 11 is 2.24. The Hall–Kier alpha value is -2.29. The number of anilines is 1. The van der Waals surface area contributed by atoms with Crippen molar-refractivity contribution in [2.45, 2.75) is 0 Å². The normalized spacial score (nSPS) is 10.7. The van der Waals surface area contributed by atoms with Gasteiger partial charge in [-0.15, -0.1) is 0 Å². The second-order valence-corrected chi connectivity index (χ2v) is 6.14. The van der Waals surface area contributed by atoms with E-state index in [2.05, 4.69) is 32.6 Å². The maximum Gasteiger partial charge on any atom is 0.411 e. The lowest BCUT2D eigenvalue weighted by molar-refractivity contribution is 0.203. The first kappa shape index (κ1) is 15.6. The topological polar surface area (TPSA) is 78.4 Å². The van der Waals surface area contributed by atoms with Gasteiger partial charge in [-0.1, -0.05) is 6.07 Å². The number of hydrogen-bond acceptors (Lipinski definition) is 3. The van der Waals surface area contributed by atoms with E-state index in [4.69, 9.17) is 9.84 Å². The van der Waals surface area contributed by atoms with Crippen LogP contribution in [0.25, 0.3) is 22.2 Å². The van der Waals surface area contributed by atoms with Gasteiger partial charge in [0.05, 0.1) is 18.4 Å². The molecule has 2 heterocycles. The van der Waals surface area contributed by atoms with Gasteiger partial charge in [-0.25, -0.2) is 9.78 Å². The number of carboxylic acid groups (broad SMARTS) is 1. The minimum Gasteiger partial charge on any atom is -0.480 e. The lowest BCUT2D eigenvalue weighted by atomic mass is 10.2. The third-order valence-corrected chi connectivity index (χ3v) is 4.51. The van der Waals surface area contributed by atoms with Crippen molar-refractivity contribution in [3.8, 4) is 17.1 Å². The summed E-state index contributed by atoms with van der Waals surface area (Å²) in [7, 11) is 3.10. The van der Waals surface area contributed by atoms with E-state index in [0.717, 1.165) is 25.7 Å². The van der Waals surface area contributed by atoms with Crippen LogP contribution >= 0.6 is 22.6 Å². The van der Waals surface area contributed by atoms with Gasteiger partial charge in [0, 0.05) is 33.4 Å². The van der Waals surface area contributed by atoms with Gasteiger partial charge in [-0.3, -0.25) is 4.90 Å². The number of aromatic amines is 1. The highest BCUT2D eigenvalue weighted by molar-refractivity contribution is 14.1. The maximum atomic E-state index is 11.1. The van der Waals surface area contributed by atoms with E-state index >= 15 is 0 Å². The van der Waals surface area contributed by atoms with Gasteiger partial charge in [0.25, 0.3) is 0 Å². The molecule has 0 fully saturated rings. The second kappa shape index (κ2) is 6.07. The molecule has 23 heavy (non-hydrogen) atoms. The SMILES string of the molecule is COc1nccc(I)c1-c1cc2ccc(N(C)C(=O)O)cc2[nH]1. The number of nitrogens with zero attached hydrogens (tertiary/aromatic N) is 2. The molecule has 0 aliphatic rings. The highest BCUT2D eigenvalue weighted by Gasteiger charge is 2.15. The van der Waals surface area contributed by atoms with Crippen LogP contribution in [0.15, 0.2) is 36.5 Å². The standard InChI is InChI=1S/C16H14IN3O3/c1-20(16(21)22)10-4-3-9-7-13(19-12(9)8-10)14-11(17)5-6-18-15(14)23-2/h3-8,19H,1-2H3,(H,21,22). The summed E-state index contributed by atoms with van der Waals surface area (Å²) < 4.78 is 6.37. The minimum atomic E-state index is -1.00. The number of ether oxygens (including phenoxy) is 1. The van der Waals surface area contributed by atoms with E-state index < -0.39 is 6.09 Å². The lowest BCUT2D eigenvalue weighted by Gasteiger charge is -2.12. The molecular weight excluding hydrogens is 409 g/mol. The zero-order valence-corrected chi connectivity index (χ0v) is 14.7. The summed E-state index contributed by atoms with van der Waals surface area (Å²) in [6, 6.07) is 9.39. The van der Waals surface area contributed by atoms with Crippen LogP contribution in [-0.4, -0.2) is 35.3 Å². The molecular formula is C16H14IN3O3. The van der Waals surface area contributed by atoms with Gasteiger partial charge >= 0.3 is 6.09 Å². The molecule has 1 amide bonds. The van der Waals surface area contributed by atoms with Crippen molar-refractivity contribution >= 4 is 45.3 Å². The summed E-state index contributed by atoms with van der Waals surface area (Å²) in [5, 5.41) is 10.1. The zero-order valence-electron chi connectivity index (χ0n) is 12.5. The van der Waals surface area contributed by atoms with E-state index in [9.17, 15) is 4.79 Å². The molecule has 6 nitrogen and oxygen atoms in total. The van der Waals surface area contributed by atoms with Crippen LogP contribution in [0.4, 0.5) is 10.5 Å². The largest absolute Gasteiger partial charge is 0.480 e. The predicted molar refractivity (Wildman–Crippen MR) is 97.2 cm³/mol. The fourth-order valence-electron chi connectivity index (χ4n) is 2.39. The molecule has 0 unspecified atom stereocenters. The van der Waals surface area contributed by atoms with Crippen molar-refractivity contribution in [1.82, 2.24) is 9.97 Å². The fourth-order valence-corrected chi connectivity index (χ4v) is 3.07. The van der Waals surface area contributed by atoms with Crippen molar-refractivity contribution in [2.75, 3.05) is 19.1 Å². The number of aromatic nitrogens is 2. The first-order chi connectivity index (χ1) is 11.0. The summed E-state index contributed by atoms with van der Waals surface area (Å²) in [5.41, 5.74) is 3.22. The molecule has 0 spiro atoms. The Bertz CT molecular complexity index is 891. The van der Waals surface area contributed by atoms with Crippen LogP contribution in [0.3, 0.4) is 0 Å². The van der Waals surface area contributed by atoms with Crippen molar-refractivity contribution in [3.63, 3.8) is 0 Å². The van der Waals surface area contributed by atoms with Crippen molar-refractivity contribution < 1.29 is 14.6 Å². The third kappa shape index (κ3) is 2.83. The number of pyridine rings is 1. The van der Waals surface area contributed by atoms with E-state index in [-0.39, 0.29) is 0 Å². The highest BCUT2D eigenvalue weighted by Crippen LogP contribution is 2.34. The van der Waals surface area contributed by atoms with E-state index in [0.29, 0.717) is 11.6 Å². The molecule has 0 radical (unpaired) electrons. The van der Waals surface area contributed by atoms with Gasteiger partial charge in [0.15, 0.2) is 0 Å². The quantitative estimate of drug-likeness (QED) is 0.626. The molecule has 2 N–H and O–H groups in total. The summed E-state index contributed by atoms with van der Waals surface area (Å²) in [5.74, 6) is 0.548. The molecule has 0 saturated carbocycles. The van der Waals surface area contributed by atoms with Gasteiger partial charge in [-0.2, -0.15) is 0 Å². The van der Waals surface area contributed by atoms with E-state index in [1.54, 1.807) is 19.4 Å². The molecule has 3 rings (SSSR count). The molecule has 0 aliphatic carbocycles. The number of benzene rings is 1. The summed E-state index contributed by atoms with van der Waals surface area (Å²) in [6.07, 6.45) is 0.701. The number of hydrogen-bond donors (Lipinski definition) is 2. The molecule has 0 saturated heterocycles. The van der Waals surface area contributed by atoms with Gasteiger partial charge in [-0.05, 0) is 46.9 Å². The summed E-state index contributed by atoms with van der Waals surface area (Å²) in [4.78, 5) is 19.8. The van der Waals surface area contributed by atoms with Crippen molar-refractivity contribution in [2.24, 2.45) is 0 Å². The average Bonchev–Trinajstić information content (AvgIpc) is 2.95. The van der Waals surface area contributed by atoms with Crippen molar-refractivity contribution in [1.29, 1.82) is 0 Å². The Labute approximate surface area is 146 Å². The van der Waals surface area contributed by atoms with E-state index in [1.165, 1.54) is 11.9 Å². The van der Waals surface area contributed by atoms with Crippen LogP contribution in [-0.2, 0) is 0 Å². The molecule has 118 valence electrons. The van der Waals surface area contributed by atoms with Crippen molar-refractivity contribution in [3.05, 3.63) is 40.1 Å².